The standard InChI is InChI=1S/C19H36N10.ClH/c1-12-2-4-27(5-3-12)17-24-18(28-8-13(20)6-14(21)9-28)26-19(25-17)29-10-15(22)7-16(23)11-29;/h12-16H,2-11,20-23H2,1H3;1H/t13-,14+,15-,16+;. The largest absolute Gasteiger partial charge is 0.341 e. The van der Waals surface area contributed by atoms with Crippen LogP contribution in [0.5, 0.6) is 0 Å². The van der Waals surface area contributed by atoms with Crippen molar-refractivity contribution in [3.8, 4) is 0 Å². The summed E-state index contributed by atoms with van der Waals surface area (Å²) in [6.07, 6.45) is 3.94. The number of nitrogens with two attached hydrogens (primary N) is 4. The molecule has 11 heteroatoms. The topological polar surface area (TPSA) is 152 Å². The SMILES string of the molecule is CC1CCN(c2nc(N3C[C@H](N)C[C@H](N)C3)nc(N3C[C@H](N)C[C@H](N)C3)n2)CC1.Cl. The first-order chi connectivity index (χ1) is 13.9. The van der Waals surface area contributed by atoms with Gasteiger partial charge in [0.05, 0.1) is 0 Å². The summed E-state index contributed by atoms with van der Waals surface area (Å²) in [4.78, 5) is 21.0. The van der Waals surface area contributed by atoms with Crippen LogP contribution in [-0.4, -0.2) is 78.4 Å². The van der Waals surface area contributed by atoms with Crippen LogP contribution in [0.4, 0.5) is 17.8 Å². The number of piperidine rings is 3. The predicted octanol–water partition coefficient (Wildman–Crippen LogP) is -0.741. The van der Waals surface area contributed by atoms with Gasteiger partial charge in [0.15, 0.2) is 0 Å². The summed E-state index contributed by atoms with van der Waals surface area (Å²) in [7, 11) is 0. The third-order valence-corrected chi connectivity index (χ3v) is 6.26. The lowest BCUT2D eigenvalue weighted by Crippen LogP contribution is -2.54. The second-order valence-electron chi connectivity index (χ2n) is 9.23. The molecule has 0 aromatic carbocycles. The maximum Gasteiger partial charge on any atom is 0.232 e. The molecule has 3 fully saturated rings. The molecule has 8 N–H and O–H groups in total. The average Bonchev–Trinajstić information content (AvgIpc) is 2.67. The van der Waals surface area contributed by atoms with Crippen molar-refractivity contribution in [3.05, 3.63) is 0 Å². The van der Waals surface area contributed by atoms with Gasteiger partial charge in [-0.05, 0) is 31.6 Å². The first kappa shape index (κ1) is 23.2. The van der Waals surface area contributed by atoms with Gasteiger partial charge < -0.3 is 37.6 Å². The highest BCUT2D eigenvalue weighted by Crippen LogP contribution is 2.26. The van der Waals surface area contributed by atoms with E-state index in [-0.39, 0.29) is 36.6 Å². The van der Waals surface area contributed by atoms with Crippen molar-refractivity contribution in [1.82, 2.24) is 15.0 Å². The summed E-state index contributed by atoms with van der Waals surface area (Å²) >= 11 is 0. The van der Waals surface area contributed by atoms with Crippen molar-refractivity contribution in [3.63, 3.8) is 0 Å². The predicted molar refractivity (Wildman–Crippen MR) is 123 cm³/mol. The molecule has 170 valence electrons. The number of hydrogen-bond acceptors (Lipinski definition) is 10. The summed E-state index contributed by atoms with van der Waals surface area (Å²) in [5.41, 5.74) is 24.9. The maximum absolute atomic E-state index is 6.22. The molecule has 0 saturated carbocycles. The van der Waals surface area contributed by atoms with E-state index in [0.717, 1.165) is 50.6 Å². The molecule has 0 aliphatic carbocycles. The van der Waals surface area contributed by atoms with Gasteiger partial charge in [0, 0.05) is 63.4 Å². The molecule has 3 aliphatic rings. The van der Waals surface area contributed by atoms with Crippen molar-refractivity contribution >= 4 is 30.3 Å². The first-order valence-corrected chi connectivity index (χ1v) is 10.9. The number of halogens is 1. The van der Waals surface area contributed by atoms with Crippen molar-refractivity contribution in [2.75, 3.05) is 54.0 Å². The van der Waals surface area contributed by atoms with Gasteiger partial charge in [-0.3, -0.25) is 0 Å². The number of aromatic nitrogens is 3. The zero-order valence-corrected chi connectivity index (χ0v) is 18.7. The molecule has 0 bridgehead atoms. The summed E-state index contributed by atoms with van der Waals surface area (Å²) < 4.78 is 0. The highest BCUT2D eigenvalue weighted by molar-refractivity contribution is 5.85. The fraction of sp³-hybridized carbons (Fsp3) is 0.842. The van der Waals surface area contributed by atoms with E-state index in [1.807, 2.05) is 0 Å². The lowest BCUT2D eigenvalue weighted by Gasteiger charge is -2.38. The van der Waals surface area contributed by atoms with Gasteiger partial charge in [-0.1, -0.05) is 6.92 Å². The Morgan fingerprint density at radius 2 is 0.967 bits per heavy atom. The molecule has 0 unspecified atom stereocenters. The lowest BCUT2D eigenvalue weighted by atomic mass is 10.00. The van der Waals surface area contributed by atoms with Gasteiger partial charge in [0.1, 0.15) is 0 Å². The van der Waals surface area contributed by atoms with E-state index in [1.54, 1.807) is 0 Å². The molecule has 1 aromatic heterocycles. The Morgan fingerprint density at radius 3 is 1.33 bits per heavy atom. The molecule has 10 nitrogen and oxygen atoms in total. The van der Waals surface area contributed by atoms with Crippen LogP contribution in [0.2, 0.25) is 0 Å². The average molecular weight is 441 g/mol. The number of anilines is 3. The molecule has 0 radical (unpaired) electrons. The van der Waals surface area contributed by atoms with E-state index in [0.29, 0.717) is 38.1 Å². The van der Waals surface area contributed by atoms with Gasteiger partial charge in [-0.15, -0.1) is 12.4 Å². The van der Waals surface area contributed by atoms with Crippen LogP contribution < -0.4 is 37.6 Å². The molecule has 4 heterocycles. The fourth-order valence-electron chi connectivity index (χ4n) is 4.66. The Balaban J connectivity index is 0.00000256. The monoisotopic (exact) mass is 440 g/mol. The molecular formula is C19H37ClN10. The molecule has 4 atom stereocenters. The minimum Gasteiger partial charge on any atom is -0.341 e. The van der Waals surface area contributed by atoms with Crippen molar-refractivity contribution in [1.29, 1.82) is 0 Å². The second-order valence-corrected chi connectivity index (χ2v) is 9.23. The van der Waals surface area contributed by atoms with Gasteiger partial charge in [0.2, 0.25) is 17.8 Å². The van der Waals surface area contributed by atoms with Crippen LogP contribution in [0, 0.1) is 5.92 Å². The van der Waals surface area contributed by atoms with Crippen LogP contribution in [0.25, 0.3) is 0 Å². The zero-order chi connectivity index (χ0) is 20.5. The Bertz CT molecular complexity index is 634. The molecule has 30 heavy (non-hydrogen) atoms. The normalized spacial score (nSPS) is 30.9. The Hall–Kier alpha value is -1.46. The van der Waals surface area contributed by atoms with Crippen molar-refractivity contribution in [2.45, 2.75) is 56.8 Å². The van der Waals surface area contributed by atoms with Gasteiger partial charge in [-0.25, -0.2) is 0 Å². The second kappa shape index (κ2) is 9.78. The Morgan fingerprint density at radius 1 is 0.633 bits per heavy atom. The van der Waals surface area contributed by atoms with Crippen LogP contribution in [0.1, 0.15) is 32.6 Å². The van der Waals surface area contributed by atoms with E-state index in [9.17, 15) is 0 Å². The maximum atomic E-state index is 6.22. The Kier molecular flexibility index (Phi) is 7.56. The number of hydrogen-bond donors (Lipinski definition) is 4. The number of nitrogens with zero attached hydrogens (tertiary/aromatic N) is 6. The van der Waals surface area contributed by atoms with Gasteiger partial charge in [-0.2, -0.15) is 15.0 Å². The highest BCUT2D eigenvalue weighted by atomic mass is 35.5. The Labute approximate surface area is 185 Å². The molecule has 1 aromatic rings. The molecule has 0 spiro atoms. The van der Waals surface area contributed by atoms with Crippen LogP contribution in [0.15, 0.2) is 0 Å². The molecule has 0 amide bonds. The van der Waals surface area contributed by atoms with Crippen LogP contribution in [0.3, 0.4) is 0 Å². The summed E-state index contributed by atoms with van der Waals surface area (Å²) in [5.74, 6) is 2.78. The molecule has 3 aliphatic heterocycles. The van der Waals surface area contributed by atoms with E-state index in [4.69, 9.17) is 37.9 Å². The minimum absolute atomic E-state index is 0. The zero-order valence-electron chi connectivity index (χ0n) is 17.9. The summed E-state index contributed by atoms with van der Waals surface area (Å²) in [6.45, 7) is 7.03. The van der Waals surface area contributed by atoms with Crippen molar-refractivity contribution < 1.29 is 0 Å². The number of rotatable bonds is 3. The molecule has 4 rings (SSSR count). The van der Waals surface area contributed by atoms with E-state index >= 15 is 0 Å². The summed E-state index contributed by atoms with van der Waals surface area (Å²) in [6, 6.07) is 0.0929. The minimum atomic E-state index is 0. The van der Waals surface area contributed by atoms with Gasteiger partial charge >= 0.3 is 0 Å². The third-order valence-electron chi connectivity index (χ3n) is 6.26. The summed E-state index contributed by atoms with van der Waals surface area (Å²) in [5, 5.41) is 0. The van der Waals surface area contributed by atoms with E-state index < -0.39 is 0 Å². The molecular weight excluding hydrogens is 404 g/mol. The van der Waals surface area contributed by atoms with E-state index in [2.05, 4.69) is 21.6 Å². The first-order valence-electron chi connectivity index (χ1n) is 10.9. The molecule has 3 saturated heterocycles. The van der Waals surface area contributed by atoms with Crippen LogP contribution >= 0.6 is 12.4 Å². The highest BCUT2D eigenvalue weighted by Gasteiger charge is 2.30. The van der Waals surface area contributed by atoms with Gasteiger partial charge in [0.25, 0.3) is 0 Å². The fourth-order valence-corrected chi connectivity index (χ4v) is 4.66. The third kappa shape index (κ3) is 5.42. The smallest absolute Gasteiger partial charge is 0.232 e. The van der Waals surface area contributed by atoms with Crippen molar-refractivity contribution in [2.24, 2.45) is 28.9 Å². The van der Waals surface area contributed by atoms with E-state index in [1.165, 1.54) is 0 Å². The lowest BCUT2D eigenvalue weighted by molar-refractivity contribution is 0.429. The van der Waals surface area contributed by atoms with Crippen LogP contribution in [-0.2, 0) is 0 Å². The quantitative estimate of drug-likeness (QED) is 0.472.